The SMILES string of the molecule is Cc1cn(C)c(NC2CCCCC2(C)C)n1. The van der Waals surface area contributed by atoms with Gasteiger partial charge in [0, 0.05) is 19.3 Å². The minimum atomic E-state index is 0.387. The molecule has 1 atom stereocenters. The maximum atomic E-state index is 4.52. The third kappa shape index (κ3) is 2.23. The van der Waals surface area contributed by atoms with E-state index in [0.29, 0.717) is 11.5 Å². The molecule has 0 aliphatic heterocycles. The topological polar surface area (TPSA) is 29.9 Å². The third-order valence-electron chi connectivity index (χ3n) is 3.81. The Kier molecular flexibility index (Phi) is 2.96. The van der Waals surface area contributed by atoms with E-state index in [0.717, 1.165) is 11.6 Å². The van der Waals surface area contributed by atoms with E-state index in [2.05, 4.69) is 42.0 Å². The molecule has 1 fully saturated rings. The van der Waals surface area contributed by atoms with Crippen molar-refractivity contribution in [3.63, 3.8) is 0 Å². The molecular weight excluding hydrogens is 198 g/mol. The van der Waals surface area contributed by atoms with Gasteiger partial charge < -0.3 is 9.88 Å². The van der Waals surface area contributed by atoms with Gasteiger partial charge in [0.1, 0.15) is 0 Å². The summed E-state index contributed by atoms with van der Waals surface area (Å²) < 4.78 is 2.08. The summed E-state index contributed by atoms with van der Waals surface area (Å²) in [6, 6.07) is 0.557. The Morgan fingerprint density at radius 2 is 2.19 bits per heavy atom. The molecular formula is C13H23N3. The first kappa shape index (κ1) is 11.5. The van der Waals surface area contributed by atoms with Crippen LogP contribution in [-0.4, -0.2) is 15.6 Å². The van der Waals surface area contributed by atoms with E-state index < -0.39 is 0 Å². The molecule has 0 bridgehead atoms. The first-order valence-electron chi connectivity index (χ1n) is 6.25. The van der Waals surface area contributed by atoms with Crippen molar-refractivity contribution in [1.29, 1.82) is 0 Å². The standard InChI is InChI=1S/C13H23N3/c1-10-9-16(4)12(14-10)15-11-7-5-6-8-13(11,2)3/h9,11H,5-8H2,1-4H3,(H,14,15). The first-order chi connectivity index (χ1) is 7.49. The summed E-state index contributed by atoms with van der Waals surface area (Å²) in [5.74, 6) is 1.01. The van der Waals surface area contributed by atoms with Crippen molar-refractivity contribution in [2.75, 3.05) is 5.32 Å². The predicted octanol–water partition coefficient (Wildman–Crippen LogP) is 3.11. The Hall–Kier alpha value is -0.990. The number of nitrogens with zero attached hydrogens (tertiary/aromatic N) is 2. The lowest BCUT2D eigenvalue weighted by Gasteiger charge is -2.39. The molecule has 1 heterocycles. The highest BCUT2D eigenvalue weighted by atomic mass is 15.2. The number of hydrogen-bond acceptors (Lipinski definition) is 2. The van der Waals surface area contributed by atoms with Crippen molar-refractivity contribution >= 4 is 5.95 Å². The number of imidazole rings is 1. The van der Waals surface area contributed by atoms with Crippen LogP contribution in [0.2, 0.25) is 0 Å². The molecule has 1 aliphatic carbocycles. The van der Waals surface area contributed by atoms with Crippen molar-refractivity contribution in [1.82, 2.24) is 9.55 Å². The molecule has 90 valence electrons. The van der Waals surface area contributed by atoms with Gasteiger partial charge in [-0.2, -0.15) is 0 Å². The van der Waals surface area contributed by atoms with Gasteiger partial charge in [-0.25, -0.2) is 4.98 Å². The second kappa shape index (κ2) is 4.11. The highest BCUT2D eigenvalue weighted by molar-refractivity contribution is 5.30. The zero-order valence-electron chi connectivity index (χ0n) is 10.9. The van der Waals surface area contributed by atoms with Crippen molar-refractivity contribution in [2.45, 2.75) is 52.5 Å². The smallest absolute Gasteiger partial charge is 0.203 e. The van der Waals surface area contributed by atoms with Gasteiger partial charge in [0.05, 0.1) is 5.69 Å². The van der Waals surface area contributed by atoms with E-state index in [4.69, 9.17) is 0 Å². The van der Waals surface area contributed by atoms with Crippen LogP contribution in [0.5, 0.6) is 0 Å². The van der Waals surface area contributed by atoms with E-state index in [1.165, 1.54) is 25.7 Å². The molecule has 2 rings (SSSR count). The number of rotatable bonds is 2. The molecule has 1 aromatic heterocycles. The Balaban J connectivity index is 2.11. The quantitative estimate of drug-likeness (QED) is 0.831. The highest BCUT2D eigenvalue weighted by Gasteiger charge is 2.32. The molecule has 0 aromatic carbocycles. The van der Waals surface area contributed by atoms with Crippen LogP contribution in [0.3, 0.4) is 0 Å². The zero-order chi connectivity index (χ0) is 11.8. The molecule has 0 spiro atoms. The Morgan fingerprint density at radius 1 is 1.44 bits per heavy atom. The molecule has 0 amide bonds. The van der Waals surface area contributed by atoms with Gasteiger partial charge >= 0.3 is 0 Å². The Morgan fingerprint density at radius 3 is 2.75 bits per heavy atom. The summed E-state index contributed by atoms with van der Waals surface area (Å²) in [5.41, 5.74) is 1.47. The number of aromatic nitrogens is 2. The minimum Gasteiger partial charge on any atom is -0.352 e. The van der Waals surface area contributed by atoms with Crippen molar-refractivity contribution in [2.24, 2.45) is 12.5 Å². The van der Waals surface area contributed by atoms with Gasteiger partial charge in [-0.3, -0.25) is 0 Å². The lowest BCUT2D eigenvalue weighted by molar-refractivity contribution is 0.216. The summed E-state index contributed by atoms with van der Waals surface area (Å²) >= 11 is 0. The van der Waals surface area contributed by atoms with Crippen LogP contribution in [-0.2, 0) is 7.05 Å². The van der Waals surface area contributed by atoms with Crippen LogP contribution in [0.4, 0.5) is 5.95 Å². The number of nitrogens with one attached hydrogen (secondary N) is 1. The summed E-state index contributed by atoms with van der Waals surface area (Å²) in [4.78, 5) is 4.52. The minimum absolute atomic E-state index is 0.387. The fourth-order valence-corrected chi connectivity index (χ4v) is 2.67. The van der Waals surface area contributed by atoms with E-state index in [1.54, 1.807) is 0 Å². The molecule has 1 saturated carbocycles. The summed E-state index contributed by atoms with van der Waals surface area (Å²) in [6.45, 7) is 6.76. The van der Waals surface area contributed by atoms with E-state index >= 15 is 0 Å². The van der Waals surface area contributed by atoms with Crippen LogP contribution in [0.1, 0.15) is 45.2 Å². The van der Waals surface area contributed by atoms with Gasteiger partial charge in [-0.15, -0.1) is 0 Å². The third-order valence-corrected chi connectivity index (χ3v) is 3.81. The molecule has 0 radical (unpaired) electrons. The molecule has 1 aromatic rings. The molecule has 3 nitrogen and oxygen atoms in total. The second-order valence-corrected chi connectivity index (χ2v) is 5.75. The van der Waals surface area contributed by atoms with Crippen molar-refractivity contribution in [3.05, 3.63) is 11.9 Å². The molecule has 3 heteroatoms. The number of hydrogen-bond donors (Lipinski definition) is 1. The predicted molar refractivity (Wildman–Crippen MR) is 67.6 cm³/mol. The average molecular weight is 221 g/mol. The first-order valence-corrected chi connectivity index (χ1v) is 6.25. The lowest BCUT2D eigenvalue weighted by Crippen LogP contribution is -2.39. The highest BCUT2D eigenvalue weighted by Crippen LogP contribution is 2.36. The largest absolute Gasteiger partial charge is 0.352 e. The van der Waals surface area contributed by atoms with Gasteiger partial charge in [0.2, 0.25) is 5.95 Å². The van der Waals surface area contributed by atoms with Crippen molar-refractivity contribution < 1.29 is 0 Å². The Labute approximate surface area is 98.3 Å². The van der Waals surface area contributed by atoms with Crippen LogP contribution in [0.15, 0.2) is 6.20 Å². The molecule has 1 N–H and O–H groups in total. The van der Waals surface area contributed by atoms with Crippen LogP contribution in [0, 0.1) is 12.3 Å². The number of anilines is 1. The van der Waals surface area contributed by atoms with Crippen LogP contribution in [0.25, 0.3) is 0 Å². The fraction of sp³-hybridized carbons (Fsp3) is 0.769. The van der Waals surface area contributed by atoms with Gasteiger partial charge in [0.25, 0.3) is 0 Å². The second-order valence-electron chi connectivity index (χ2n) is 5.75. The molecule has 1 aliphatic rings. The Bertz CT molecular complexity index is 365. The van der Waals surface area contributed by atoms with E-state index in [-0.39, 0.29) is 0 Å². The van der Waals surface area contributed by atoms with E-state index in [9.17, 15) is 0 Å². The van der Waals surface area contributed by atoms with E-state index in [1.807, 2.05) is 6.92 Å². The average Bonchev–Trinajstić information content (AvgIpc) is 2.49. The van der Waals surface area contributed by atoms with Gasteiger partial charge in [0.15, 0.2) is 0 Å². The fourth-order valence-electron chi connectivity index (χ4n) is 2.67. The summed E-state index contributed by atoms with van der Waals surface area (Å²) in [7, 11) is 2.05. The maximum Gasteiger partial charge on any atom is 0.203 e. The molecule has 0 saturated heterocycles. The van der Waals surface area contributed by atoms with Crippen LogP contribution < -0.4 is 5.32 Å². The van der Waals surface area contributed by atoms with Gasteiger partial charge in [-0.05, 0) is 25.2 Å². The normalized spacial score (nSPS) is 24.4. The lowest BCUT2D eigenvalue weighted by atomic mass is 9.73. The van der Waals surface area contributed by atoms with Crippen molar-refractivity contribution in [3.8, 4) is 0 Å². The zero-order valence-corrected chi connectivity index (χ0v) is 10.9. The van der Waals surface area contributed by atoms with Crippen LogP contribution >= 0.6 is 0 Å². The molecule has 1 unspecified atom stereocenters. The molecule has 16 heavy (non-hydrogen) atoms. The maximum absolute atomic E-state index is 4.52. The monoisotopic (exact) mass is 221 g/mol. The number of aryl methyl sites for hydroxylation is 2. The summed E-state index contributed by atoms with van der Waals surface area (Å²) in [6.07, 6.45) is 7.35. The summed E-state index contributed by atoms with van der Waals surface area (Å²) in [5, 5.41) is 3.61. The van der Waals surface area contributed by atoms with Gasteiger partial charge in [-0.1, -0.05) is 26.7 Å².